The van der Waals surface area contributed by atoms with Crippen LogP contribution in [0.3, 0.4) is 0 Å². The van der Waals surface area contributed by atoms with E-state index in [4.69, 9.17) is 14.2 Å². The van der Waals surface area contributed by atoms with Gasteiger partial charge in [-0.25, -0.2) is 4.79 Å². The highest BCUT2D eigenvalue weighted by Gasteiger charge is 2.18. The van der Waals surface area contributed by atoms with Gasteiger partial charge in [0, 0.05) is 17.7 Å². The van der Waals surface area contributed by atoms with E-state index in [1.54, 1.807) is 24.3 Å². The topological polar surface area (TPSA) is 94.1 Å². The average Bonchev–Trinajstić information content (AvgIpc) is 2.61. The minimum atomic E-state index is -1.19. The number of nitrogens with one attached hydrogen (secondary N) is 1. The van der Waals surface area contributed by atoms with Gasteiger partial charge in [0.05, 0.1) is 31.6 Å². The van der Waals surface area contributed by atoms with Crippen LogP contribution in [0.1, 0.15) is 34.6 Å². The molecule has 138 valence electrons. The molecule has 0 aliphatic rings. The molecule has 7 nitrogen and oxygen atoms in total. The SMILES string of the molecule is COc1cc(NC(=O)c2ccc(OC(C)C)cc2)c(C(=O)O)cc1OC. The second-order valence-corrected chi connectivity index (χ2v) is 5.70. The highest BCUT2D eigenvalue weighted by Crippen LogP contribution is 2.33. The number of anilines is 1. The number of hydrogen-bond acceptors (Lipinski definition) is 5. The predicted molar refractivity (Wildman–Crippen MR) is 96.7 cm³/mol. The maximum Gasteiger partial charge on any atom is 0.337 e. The van der Waals surface area contributed by atoms with E-state index in [2.05, 4.69) is 5.32 Å². The van der Waals surface area contributed by atoms with Crippen molar-refractivity contribution in [3.8, 4) is 17.2 Å². The van der Waals surface area contributed by atoms with E-state index in [-0.39, 0.29) is 23.1 Å². The van der Waals surface area contributed by atoms with Crippen molar-refractivity contribution in [2.45, 2.75) is 20.0 Å². The first-order chi connectivity index (χ1) is 12.3. The van der Waals surface area contributed by atoms with E-state index in [0.29, 0.717) is 17.1 Å². The Morgan fingerprint density at radius 2 is 1.58 bits per heavy atom. The molecule has 0 aromatic heterocycles. The van der Waals surface area contributed by atoms with E-state index in [0.717, 1.165) is 0 Å². The number of carboxylic acid groups (broad SMARTS) is 1. The second kappa shape index (κ2) is 8.24. The Kier molecular flexibility index (Phi) is 6.06. The van der Waals surface area contributed by atoms with E-state index < -0.39 is 11.9 Å². The summed E-state index contributed by atoms with van der Waals surface area (Å²) in [6, 6.07) is 9.29. The Hall–Kier alpha value is -3.22. The van der Waals surface area contributed by atoms with Gasteiger partial charge in [0.1, 0.15) is 5.75 Å². The summed E-state index contributed by atoms with van der Waals surface area (Å²) in [6.45, 7) is 3.82. The fourth-order valence-electron chi connectivity index (χ4n) is 2.31. The van der Waals surface area contributed by atoms with Crippen molar-refractivity contribution in [1.82, 2.24) is 0 Å². The van der Waals surface area contributed by atoms with Crippen LogP contribution < -0.4 is 19.5 Å². The van der Waals surface area contributed by atoms with Gasteiger partial charge in [0.15, 0.2) is 11.5 Å². The zero-order valence-corrected chi connectivity index (χ0v) is 15.0. The van der Waals surface area contributed by atoms with Crippen LogP contribution in [0.2, 0.25) is 0 Å². The molecule has 0 fully saturated rings. The summed E-state index contributed by atoms with van der Waals surface area (Å²) >= 11 is 0. The van der Waals surface area contributed by atoms with Crippen LogP contribution in [0.15, 0.2) is 36.4 Å². The normalized spacial score (nSPS) is 10.3. The van der Waals surface area contributed by atoms with Crippen molar-refractivity contribution in [3.63, 3.8) is 0 Å². The van der Waals surface area contributed by atoms with Crippen LogP contribution in [-0.4, -0.2) is 37.3 Å². The maximum atomic E-state index is 12.5. The second-order valence-electron chi connectivity index (χ2n) is 5.70. The molecule has 0 aliphatic carbocycles. The van der Waals surface area contributed by atoms with Crippen molar-refractivity contribution in [1.29, 1.82) is 0 Å². The molecule has 0 saturated carbocycles. The number of benzene rings is 2. The zero-order valence-electron chi connectivity index (χ0n) is 15.0. The summed E-state index contributed by atoms with van der Waals surface area (Å²) in [5.74, 6) is -0.418. The molecule has 26 heavy (non-hydrogen) atoms. The van der Waals surface area contributed by atoms with Crippen LogP contribution in [0.5, 0.6) is 17.2 Å². The van der Waals surface area contributed by atoms with Gasteiger partial charge >= 0.3 is 5.97 Å². The number of ether oxygens (including phenoxy) is 3. The van der Waals surface area contributed by atoms with E-state index in [1.165, 1.54) is 26.4 Å². The number of rotatable bonds is 7. The number of carbonyl (C=O) groups excluding carboxylic acids is 1. The van der Waals surface area contributed by atoms with Crippen molar-refractivity contribution >= 4 is 17.6 Å². The van der Waals surface area contributed by atoms with E-state index in [9.17, 15) is 14.7 Å². The summed E-state index contributed by atoms with van der Waals surface area (Å²) in [5, 5.41) is 12.0. The van der Waals surface area contributed by atoms with Gasteiger partial charge in [-0.1, -0.05) is 0 Å². The number of carbonyl (C=O) groups is 2. The van der Waals surface area contributed by atoms with Gasteiger partial charge in [-0.05, 0) is 38.1 Å². The molecule has 2 N–H and O–H groups in total. The Morgan fingerprint density at radius 1 is 1.00 bits per heavy atom. The third-order valence-corrected chi connectivity index (χ3v) is 3.49. The average molecular weight is 359 g/mol. The molecule has 0 radical (unpaired) electrons. The lowest BCUT2D eigenvalue weighted by atomic mass is 10.1. The summed E-state index contributed by atoms with van der Waals surface area (Å²) in [5.41, 5.74) is 0.380. The van der Waals surface area contributed by atoms with Gasteiger partial charge in [-0.2, -0.15) is 0 Å². The molecule has 2 aromatic rings. The molecule has 0 aliphatic heterocycles. The minimum absolute atomic E-state index is 0.0274. The van der Waals surface area contributed by atoms with Gasteiger partial charge in [0.2, 0.25) is 0 Å². The number of amides is 1. The van der Waals surface area contributed by atoms with Crippen molar-refractivity contribution in [3.05, 3.63) is 47.5 Å². The highest BCUT2D eigenvalue weighted by molar-refractivity contribution is 6.08. The maximum absolute atomic E-state index is 12.5. The molecule has 0 heterocycles. The first kappa shape index (κ1) is 19.1. The van der Waals surface area contributed by atoms with Gasteiger partial charge in [-0.3, -0.25) is 4.79 Å². The van der Waals surface area contributed by atoms with Gasteiger partial charge in [-0.15, -0.1) is 0 Å². The Balaban J connectivity index is 2.29. The van der Waals surface area contributed by atoms with Crippen molar-refractivity contribution in [2.75, 3.05) is 19.5 Å². The molecule has 0 bridgehead atoms. The molecule has 1 amide bonds. The fourth-order valence-corrected chi connectivity index (χ4v) is 2.31. The minimum Gasteiger partial charge on any atom is -0.493 e. The van der Waals surface area contributed by atoms with Gasteiger partial charge in [0.25, 0.3) is 5.91 Å². The van der Waals surface area contributed by atoms with E-state index in [1.807, 2.05) is 13.8 Å². The van der Waals surface area contributed by atoms with Crippen molar-refractivity contribution < 1.29 is 28.9 Å². The lowest BCUT2D eigenvalue weighted by Crippen LogP contribution is -2.15. The third kappa shape index (κ3) is 4.44. The van der Waals surface area contributed by atoms with Crippen LogP contribution in [-0.2, 0) is 0 Å². The largest absolute Gasteiger partial charge is 0.493 e. The Morgan fingerprint density at radius 3 is 2.08 bits per heavy atom. The fraction of sp³-hybridized carbons (Fsp3) is 0.263. The third-order valence-electron chi connectivity index (χ3n) is 3.49. The molecule has 7 heteroatoms. The monoisotopic (exact) mass is 359 g/mol. The highest BCUT2D eigenvalue weighted by atomic mass is 16.5. The molecule has 0 unspecified atom stereocenters. The first-order valence-corrected chi connectivity index (χ1v) is 7.93. The summed E-state index contributed by atoms with van der Waals surface area (Å²) in [7, 11) is 2.83. The number of aromatic carboxylic acids is 1. The Bertz CT molecular complexity index is 798. The van der Waals surface area contributed by atoms with Crippen LogP contribution in [0.25, 0.3) is 0 Å². The number of hydrogen-bond donors (Lipinski definition) is 2. The van der Waals surface area contributed by atoms with E-state index >= 15 is 0 Å². The van der Waals surface area contributed by atoms with Crippen molar-refractivity contribution in [2.24, 2.45) is 0 Å². The first-order valence-electron chi connectivity index (χ1n) is 7.93. The smallest absolute Gasteiger partial charge is 0.337 e. The molecule has 2 aromatic carbocycles. The zero-order chi connectivity index (χ0) is 19.3. The summed E-state index contributed by atoms with van der Waals surface area (Å²) in [6.07, 6.45) is 0.0274. The molecule has 0 spiro atoms. The molecular weight excluding hydrogens is 338 g/mol. The van der Waals surface area contributed by atoms with Crippen LogP contribution in [0.4, 0.5) is 5.69 Å². The lowest BCUT2D eigenvalue weighted by Gasteiger charge is -2.14. The molecule has 0 atom stereocenters. The summed E-state index contributed by atoms with van der Waals surface area (Å²) in [4.78, 5) is 24.0. The lowest BCUT2D eigenvalue weighted by molar-refractivity contribution is 0.0697. The van der Waals surface area contributed by atoms with Crippen LogP contribution in [0, 0.1) is 0 Å². The molecule has 0 saturated heterocycles. The quantitative estimate of drug-likeness (QED) is 0.786. The van der Waals surface area contributed by atoms with Gasteiger partial charge < -0.3 is 24.6 Å². The Labute approximate surface area is 151 Å². The summed E-state index contributed by atoms with van der Waals surface area (Å²) < 4.78 is 15.8. The van der Waals surface area contributed by atoms with Crippen LogP contribution >= 0.6 is 0 Å². The predicted octanol–water partition coefficient (Wildman–Crippen LogP) is 3.44. The molecule has 2 rings (SSSR count). The number of methoxy groups -OCH3 is 2. The standard InChI is InChI=1S/C19H21NO6/c1-11(2)26-13-7-5-12(6-8-13)18(21)20-15-10-17(25-4)16(24-3)9-14(15)19(22)23/h5-11H,1-4H3,(H,20,21)(H,22,23). The molecular formula is C19H21NO6. The number of carboxylic acids is 1.